The van der Waals surface area contributed by atoms with Crippen molar-refractivity contribution in [3.8, 4) is 17.6 Å². The van der Waals surface area contributed by atoms with Crippen LogP contribution in [0.3, 0.4) is 0 Å². The largest absolute Gasteiger partial charge is 0.508 e. The van der Waals surface area contributed by atoms with Gasteiger partial charge in [0.1, 0.15) is 23.1 Å². The highest BCUT2D eigenvalue weighted by atomic mass is 16.5. The van der Waals surface area contributed by atoms with Gasteiger partial charge in [-0.3, -0.25) is 4.79 Å². The van der Waals surface area contributed by atoms with Crippen molar-refractivity contribution in [2.45, 2.75) is 6.42 Å². The zero-order chi connectivity index (χ0) is 18.1. The van der Waals surface area contributed by atoms with Crippen LogP contribution in [0.25, 0.3) is 0 Å². The molecule has 6 nitrogen and oxygen atoms in total. The molecule has 0 atom stereocenters. The van der Waals surface area contributed by atoms with Crippen molar-refractivity contribution in [1.29, 1.82) is 5.26 Å². The zero-order valence-corrected chi connectivity index (χ0v) is 13.8. The summed E-state index contributed by atoms with van der Waals surface area (Å²) in [5, 5.41) is 24.0. The number of aromatic hydroxyl groups is 1. The minimum Gasteiger partial charge on any atom is -0.508 e. The number of phenols is 1. The van der Waals surface area contributed by atoms with E-state index >= 15 is 0 Å². The Morgan fingerprint density at radius 2 is 1.88 bits per heavy atom. The number of carbonyl (C=O) groups is 1. The first-order valence-corrected chi connectivity index (χ1v) is 7.69. The summed E-state index contributed by atoms with van der Waals surface area (Å²) >= 11 is 0. The summed E-state index contributed by atoms with van der Waals surface area (Å²) in [7, 11) is 1.58. The molecule has 0 aliphatic carbocycles. The van der Waals surface area contributed by atoms with Crippen LogP contribution in [-0.4, -0.2) is 24.7 Å². The van der Waals surface area contributed by atoms with Gasteiger partial charge in [-0.25, -0.2) is 0 Å². The van der Waals surface area contributed by atoms with Gasteiger partial charge in [-0.05, 0) is 48.4 Å². The van der Waals surface area contributed by atoms with Crippen molar-refractivity contribution >= 4 is 11.6 Å². The van der Waals surface area contributed by atoms with Gasteiger partial charge in [-0.1, -0.05) is 12.1 Å². The van der Waals surface area contributed by atoms with Gasteiger partial charge in [0, 0.05) is 18.4 Å². The van der Waals surface area contributed by atoms with E-state index in [4.69, 9.17) is 10.00 Å². The molecular formula is C19H19N3O3. The van der Waals surface area contributed by atoms with Crippen LogP contribution in [0.1, 0.15) is 5.56 Å². The van der Waals surface area contributed by atoms with E-state index in [1.807, 2.05) is 6.07 Å². The monoisotopic (exact) mass is 337 g/mol. The number of carbonyl (C=O) groups excluding carboxylic acids is 1. The molecule has 0 aliphatic rings. The van der Waals surface area contributed by atoms with Crippen LogP contribution >= 0.6 is 0 Å². The molecule has 128 valence electrons. The van der Waals surface area contributed by atoms with Crippen molar-refractivity contribution in [2.75, 3.05) is 19.0 Å². The van der Waals surface area contributed by atoms with E-state index in [2.05, 4.69) is 10.6 Å². The summed E-state index contributed by atoms with van der Waals surface area (Å²) in [4.78, 5) is 12.0. The topological polar surface area (TPSA) is 94.4 Å². The molecule has 0 heterocycles. The Labute approximate surface area is 146 Å². The fourth-order valence-corrected chi connectivity index (χ4v) is 2.07. The maximum absolute atomic E-state index is 12.0. The van der Waals surface area contributed by atoms with Gasteiger partial charge < -0.3 is 20.5 Å². The molecule has 6 heteroatoms. The molecule has 0 aliphatic heterocycles. The van der Waals surface area contributed by atoms with Gasteiger partial charge >= 0.3 is 0 Å². The van der Waals surface area contributed by atoms with Crippen LogP contribution in [0, 0.1) is 11.3 Å². The van der Waals surface area contributed by atoms with E-state index in [0.717, 1.165) is 17.0 Å². The summed E-state index contributed by atoms with van der Waals surface area (Å²) < 4.78 is 5.07. The number of rotatable bonds is 7. The van der Waals surface area contributed by atoms with Gasteiger partial charge in [0.2, 0.25) is 0 Å². The predicted molar refractivity (Wildman–Crippen MR) is 95.1 cm³/mol. The van der Waals surface area contributed by atoms with Crippen LogP contribution in [0.4, 0.5) is 5.69 Å². The Hall–Kier alpha value is -3.46. The van der Waals surface area contributed by atoms with Crippen molar-refractivity contribution in [3.63, 3.8) is 0 Å². The summed E-state index contributed by atoms with van der Waals surface area (Å²) in [6.45, 7) is 0.394. The lowest BCUT2D eigenvalue weighted by atomic mass is 10.1. The molecule has 0 unspecified atom stereocenters. The van der Waals surface area contributed by atoms with Crippen molar-refractivity contribution in [3.05, 3.63) is 65.9 Å². The number of hydrogen-bond donors (Lipinski definition) is 3. The highest BCUT2D eigenvalue weighted by molar-refractivity contribution is 5.97. The summed E-state index contributed by atoms with van der Waals surface area (Å²) in [6.07, 6.45) is 1.98. The summed E-state index contributed by atoms with van der Waals surface area (Å²) in [5.74, 6) is 0.483. The number of amides is 1. The molecule has 0 aromatic heterocycles. The number of phenolic OH excluding ortho intramolecular Hbond substituents is 1. The Bertz CT molecular complexity index is 775. The van der Waals surface area contributed by atoms with Crippen LogP contribution < -0.4 is 15.4 Å². The number of nitrogens with one attached hydrogen (secondary N) is 2. The highest BCUT2D eigenvalue weighted by Gasteiger charge is 2.08. The Morgan fingerprint density at radius 3 is 2.48 bits per heavy atom. The number of nitriles is 1. The third kappa shape index (κ3) is 5.59. The first-order valence-electron chi connectivity index (χ1n) is 7.69. The molecule has 0 radical (unpaired) electrons. The lowest BCUT2D eigenvalue weighted by molar-refractivity contribution is -0.117. The third-order valence-electron chi connectivity index (χ3n) is 3.47. The third-order valence-corrected chi connectivity index (χ3v) is 3.47. The average Bonchev–Trinajstić information content (AvgIpc) is 2.64. The molecule has 0 bridgehead atoms. The Balaban J connectivity index is 1.86. The molecule has 3 N–H and O–H groups in total. The second-order valence-electron chi connectivity index (χ2n) is 5.22. The first kappa shape index (κ1) is 17.9. The first-order chi connectivity index (χ1) is 12.1. The number of ether oxygens (including phenoxy) is 1. The van der Waals surface area contributed by atoms with Crippen molar-refractivity contribution in [2.24, 2.45) is 0 Å². The second-order valence-corrected chi connectivity index (χ2v) is 5.22. The molecule has 0 saturated carbocycles. The second kappa shape index (κ2) is 8.99. The number of hydrogen-bond acceptors (Lipinski definition) is 5. The van der Waals surface area contributed by atoms with Gasteiger partial charge in [0.15, 0.2) is 0 Å². The van der Waals surface area contributed by atoms with Crippen molar-refractivity contribution < 1.29 is 14.6 Å². The summed E-state index contributed by atoms with van der Waals surface area (Å²) in [5.41, 5.74) is 1.71. The van der Waals surface area contributed by atoms with E-state index in [1.54, 1.807) is 55.6 Å². The van der Waals surface area contributed by atoms with Gasteiger partial charge in [-0.15, -0.1) is 0 Å². The normalized spacial score (nSPS) is 10.6. The predicted octanol–water partition coefficient (Wildman–Crippen LogP) is 2.58. The highest BCUT2D eigenvalue weighted by Crippen LogP contribution is 2.15. The smallest absolute Gasteiger partial charge is 0.263 e. The SMILES string of the molecule is COc1ccc(N/C=C(/C#N)C(=O)NCCc2ccc(O)cc2)cc1. The van der Waals surface area contributed by atoms with E-state index in [0.29, 0.717) is 13.0 Å². The van der Waals surface area contributed by atoms with Gasteiger partial charge in [-0.2, -0.15) is 5.26 Å². The fourth-order valence-electron chi connectivity index (χ4n) is 2.07. The number of methoxy groups -OCH3 is 1. The van der Waals surface area contributed by atoms with Gasteiger partial charge in [0.05, 0.1) is 7.11 Å². The van der Waals surface area contributed by atoms with Crippen molar-refractivity contribution in [1.82, 2.24) is 5.32 Å². The number of anilines is 1. The molecular weight excluding hydrogens is 318 g/mol. The quantitative estimate of drug-likeness (QED) is 0.533. The van der Waals surface area contributed by atoms with E-state index < -0.39 is 5.91 Å². The van der Waals surface area contributed by atoms with Crippen LogP contribution in [0.5, 0.6) is 11.5 Å². The number of benzene rings is 2. The van der Waals surface area contributed by atoms with E-state index in [-0.39, 0.29) is 11.3 Å². The maximum atomic E-state index is 12.0. The lowest BCUT2D eigenvalue weighted by Gasteiger charge is -2.06. The molecule has 0 spiro atoms. The van der Waals surface area contributed by atoms with E-state index in [9.17, 15) is 9.90 Å². The molecule has 2 rings (SSSR count). The minimum atomic E-state index is -0.442. The lowest BCUT2D eigenvalue weighted by Crippen LogP contribution is -2.27. The fraction of sp³-hybridized carbons (Fsp3) is 0.158. The molecule has 0 saturated heterocycles. The average molecular weight is 337 g/mol. The minimum absolute atomic E-state index is 0.0125. The maximum Gasteiger partial charge on any atom is 0.263 e. The molecule has 2 aromatic carbocycles. The Morgan fingerprint density at radius 1 is 1.20 bits per heavy atom. The molecule has 0 fully saturated rings. The molecule has 1 amide bonds. The molecule has 25 heavy (non-hydrogen) atoms. The summed E-state index contributed by atoms with van der Waals surface area (Å²) in [6, 6.07) is 15.8. The standard InChI is InChI=1S/C19H19N3O3/c1-25-18-8-4-16(5-9-18)22-13-15(12-20)19(24)21-11-10-14-2-6-17(23)7-3-14/h2-9,13,22-23H,10-11H2,1H3,(H,21,24)/b15-13-. The van der Waals surface area contributed by atoms with Crippen LogP contribution in [0.2, 0.25) is 0 Å². The van der Waals surface area contributed by atoms with Crippen LogP contribution in [0.15, 0.2) is 60.3 Å². The molecule has 2 aromatic rings. The Kier molecular flexibility index (Phi) is 6.43. The number of nitrogens with zero attached hydrogens (tertiary/aromatic N) is 1. The van der Waals surface area contributed by atoms with Crippen LogP contribution in [-0.2, 0) is 11.2 Å². The van der Waals surface area contributed by atoms with Gasteiger partial charge in [0.25, 0.3) is 5.91 Å². The zero-order valence-electron chi connectivity index (χ0n) is 13.8. The van der Waals surface area contributed by atoms with E-state index in [1.165, 1.54) is 6.20 Å².